The number of hydrogen-bond donors (Lipinski definition) is 1. The maximum atomic E-state index is 5.89. The van der Waals surface area contributed by atoms with Gasteiger partial charge in [-0.05, 0) is 30.5 Å². The van der Waals surface area contributed by atoms with E-state index >= 15 is 0 Å². The van der Waals surface area contributed by atoms with Crippen molar-refractivity contribution in [3.63, 3.8) is 0 Å². The quantitative estimate of drug-likeness (QED) is 0.934. The third-order valence-electron chi connectivity index (χ3n) is 3.27. The van der Waals surface area contributed by atoms with E-state index in [0.29, 0.717) is 0 Å². The average molecular weight is 310 g/mol. The molecule has 1 fully saturated rings. The number of thioether (sulfide) groups is 1. The van der Waals surface area contributed by atoms with Gasteiger partial charge in [0.15, 0.2) is 5.17 Å². The van der Waals surface area contributed by atoms with E-state index in [2.05, 4.69) is 15.5 Å². The zero-order valence-corrected chi connectivity index (χ0v) is 12.6. The fraction of sp³-hybridized carbons (Fsp3) is 0.429. The van der Waals surface area contributed by atoms with Crippen molar-refractivity contribution in [2.45, 2.75) is 18.9 Å². The van der Waals surface area contributed by atoms with Crippen LogP contribution in [0.25, 0.3) is 0 Å². The minimum Gasteiger partial charge on any atom is -0.376 e. The fourth-order valence-corrected chi connectivity index (χ4v) is 3.07. The van der Waals surface area contributed by atoms with Crippen LogP contribution in [0.15, 0.2) is 34.4 Å². The van der Waals surface area contributed by atoms with Crippen molar-refractivity contribution in [1.82, 2.24) is 5.43 Å². The van der Waals surface area contributed by atoms with Gasteiger partial charge in [-0.25, -0.2) is 0 Å². The molecule has 3 rings (SSSR count). The van der Waals surface area contributed by atoms with E-state index in [1.807, 2.05) is 24.3 Å². The first kappa shape index (κ1) is 13.9. The van der Waals surface area contributed by atoms with Crippen LogP contribution in [0.5, 0.6) is 0 Å². The Morgan fingerprint density at radius 3 is 2.90 bits per heavy atom. The fourth-order valence-electron chi connectivity index (χ4n) is 2.16. The molecule has 0 spiro atoms. The first-order valence-corrected chi connectivity index (χ1v) is 8.05. The highest BCUT2D eigenvalue weighted by atomic mass is 35.5. The lowest BCUT2D eigenvalue weighted by molar-refractivity contribution is 0.118. The van der Waals surface area contributed by atoms with Gasteiger partial charge in [-0.3, -0.25) is 10.4 Å². The van der Waals surface area contributed by atoms with E-state index in [4.69, 9.17) is 16.3 Å². The first-order valence-electron chi connectivity index (χ1n) is 6.68. The second-order valence-corrected chi connectivity index (χ2v) is 6.15. The summed E-state index contributed by atoms with van der Waals surface area (Å²) in [4.78, 5) is 4.52. The van der Waals surface area contributed by atoms with Crippen molar-refractivity contribution < 1.29 is 4.74 Å². The standard InChI is InChI=1S/C14H16ClN3OS/c15-11-5-3-10(4-6-11)13-9-20-14(18-17-13)16-8-12-2-1-7-19-12/h3-6,12H,1-2,7-9H2,(H,16,18)/t12-/m0/s1. The minimum atomic E-state index is 0.284. The number of rotatable bonds is 3. The van der Waals surface area contributed by atoms with E-state index in [9.17, 15) is 0 Å². The Kier molecular flexibility index (Phi) is 4.60. The first-order chi connectivity index (χ1) is 9.81. The van der Waals surface area contributed by atoms with Crippen LogP contribution in [0.3, 0.4) is 0 Å². The van der Waals surface area contributed by atoms with E-state index < -0.39 is 0 Å². The molecule has 0 aromatic heterocycles. The highest BCUT2D eigenvalue weighted by Crippen LogP contribution is 2.17. The normalized spacial score (nSPS) is 24.6. The molecule has 1 aromatic rings. The summed E-state index contributed by atoms with van der Waals surface area (Å²) in [6.45, 7) is 1.59. The van der Waals surface area contributed by atoms with Crippen LogP contribution in [-0.2, 0) is 4.74 Å². The van der Waals surface area contributed by atoms with Crippen LogP contribution < -0.4 is 5.43 Å². The maximum Gasteiger partial charge on any atom is 0.177 e. The lowest BCUT2D eigenvalue weighted by atomic mass is 10.1. The molecule has 0 saturated carbocycles. The highest BCUT2D eigenvalue weighted by Gasteiger charge is 2.17. The summed E-state index contributed by atoms with van der Waals surface area (Å²) in [5.74, 6) is 0.818. The molecule has 6 heteroatoms. The van der Waals surface area contributed by atoms with Crippen LogP contribution in [-0.4, -0.2) is 35.9 Å². The van der Waals surface area contributed by atoms with Gasteiger partial charge in [0, 0.05) is 17.4 Å². The van der Waals surface area contributed by atoms with Crippen molar-refractivity contribution in [1.29, 1.82) is 0 Å². The van der Waals surface area contributed by atoms with Gasteiger partial charge >= 0.3 is 0 Å². The maximum absolute atomic E-state index is 5.89. The Bertz CT molecular complexity index is 524. The molecule has 106 valence electrons. The van der Waals surface area contributed by atoms with Gasteiger partial charge in [-0.1, -0.05) is 35.5 Å². The Hall–Kier alpha value is -1.04. The third-order valence-corrected chi connectivity index (χ3v) is 4.44. The molecule has 2 aliphatic rings. The Morgan fingerprint density at radius 2 is 2.25 bits per heavy atom. The Morgan fingerprint density at radius 1 is 1.40 bits per heavy atom. The summed E-state index contributed by atoms with van der Waals surface area (Å²) in [5, 5.41) is 6.00. The topological polar surface area (TPSA) is 46.0 Å². The van der Waals surface area contributed by atoms with Gasteiger partial charge in [0.1, 0.15) is 0 Å². The average Bonchev–Trinajstić information content (AvgIpc) is 3.00. The van der Waals surface area contributed by atoms with Crippen LogP contribution in [0.1, 0.15) is 18.4 Å². The molecule has 0 amide bonds. The molecular formula is C14H16ClN3OS. The van der Waals surface area contributed by atoms with Crippen molar-refractivity contribution in [3.8, 4) is 0 Å². The molecule has 20 heavy (non-hydrogen) atoms. The predicted octanol–water partition coefficient (Wildman–Crippen LogP) is 2.92. The van der Waals surface area contributed by atoms with E-state index in [1.54, 1.807) is 11.8 Å². The van der Waals surface area contributed by atoms with Gasteiger partial charge in [-0.15, -0.1) is 0 Å². The summed E-state index contributed by atoms with van der Waals surface area (Å²) in [6, 6.07) is 7.73. The lowest BCUT2D eigenvalue weighted by Gasteiger charge is -2.15. The number of nitrogens with one attached hydrogen (secondary N) is 1. The summed E-state index contributed by atoms with van der Waals surface area (Å²) in [7, 11) is 0. The summed E-state index contributed by atoms with van der Waals surface area (Å²) >= 11 is 7.56. The second kappa shape index (κ2) is 6.61. The van der Waals surface area contributed by atoms with E-state index in [1.165, 1.54) is 0 Å². The minimum absolute atomic E-state index is 0.284. The molecule has 0 aliphatic carbocycles. The SMILES string of the molecule is Clc1ccc(C2=NNC(=NC[C@@H]3CCCO3)SC2)cc1. The number of amidine groups is 1. The number of benzene rings is 1. The molecule has 1 saturated heterocycles. The van der Waals surface area contributed by atoms with Gasteiger partial charge in [0.2, 0.25) is 0 Å². The number of aliphatic imine (C=N–C) groups is 1. The molecule has 0 bridgehead atoms. The molecular weight excluding hydrogens is 294 g/mol. The van der Waals surface area contributed by atoms with Crippen molar-refractivity contribution in [2.75, 3.05) is 18.9 Å². The summed E-state index contributed by atoms with van der Waals surface area (Å²) in [5.41, 5.74) is 5.13. The molecule has 1 atom stereocenters. The smallest absolute Gasteiger partial charge is 0.177 e. The lowest BCUT2D eigenvalue weighted by Crippen LogP contribution is -2.26. The molecule has 2 aliphatic heterocycles. The number of halogens is 1. The van der Waals surface area contributed by atoms with Gasteiger partial charge in [0.05, 0.1) is 18.4 Å². The number of nitrogens with zero attached hydrogens (tertiary/aromatic N) is 2. The van der Waals surface area contributed by atoms with Crippen molar-refractivity contribution >= 4 is 34.2 Å². The largest absolute Gasteiger partial charge is 0.376 e. The van der Waals surface area contributed by atoms with E-state index in [0.717, 1.165) is 53.2 Å². The monoisotopic (exact) mass is 309 g/mol. The predicted molar refractivity (Wildman–Crippen MR) is 84.9 cm³/mol. The Labute approximate surface area is 127 Å². The molecule has 1 N–H and O–H groups in total. The van der Waals surface area contributed by atoms with Crippen LogP contribution in [0.4, 0.5) is 0 Å². The molecule has 2 heterocycles. The number of ether oxygens (including phenoxy) is 1. The number of hydrazone groups is 1. The summed E-state index contributed by atoms with van der Waals surface area (Å²) < 4.78 is 5.55. The van der Waals surface area contributed by atoms with Crippen LogP contribution in [0.2, 0.25) is 5.02 Å². The molecule has 0 unspecified atom stereocenters. The van der Waals surface area contributed by atoms with Gasteiger partial charge < -0.3 is 4.74 Å². The summed E-state index contributed by atoms with van der Waals surface area (Å²) in [6.07, 6.45) is 2.54. The third kappa shape index (κ3) is 3.53. The molecule has 4 nitrogen and oxygen atoms in total. The molecule has 1 aromatic carbocycles. The Balaban J connectivity index is 1.59. The van der Waals surface area contributed by atoms with Crippen molar-refractivity contribution in [3.05, 3.63) is 34.9 Å². The van der Waals surface area contributed by atoms with Gasteiger partial charge in [-0.2, -0.15) is 5.10 Å². The van der Waals surface area contributed by atoms with Crippen LogP contribution >= 0.6 is 23.4 Å². The zero-order chi connectivity index (χ0) is 13.8. The zero-order valence-electron chi connectivity index (χ0n) is 11.0. The van der Waals surface area contributed by atoms with Crippen LogP contribution in [0, 0.1) is 0 Å². The highest BCUT2D eigenvalue weighted by molar-refractivity contribution is 8.14. The van der Waals surface area contributed by atoms with Crippen molar-refractivity contribution in [2.24, 2.45) is 10.1 Å². The molecule has 0 radical (unpaired) electrons. The van der Waals surface area contributed by atoms with E-state index in [-0.39, 0.29) is 6.10 Å². The second-order valence-electron chi connectivity index (χ2n) is 4.75. The van der Waals surface area contributed by atoms with Gasteiger partial charge in [0.25, 0.3) is 0 Å². The number of hydrogen-bond acceptors (Lipinski definition) is 4.